The third-order valence-electron chi connectivity index (χ3n) is 2.48. The molecule has 0 saturated heterocycles. The van der Waals surface area contributed by atoms with Crippen molar-refractivity contribution in [1.82, 2.24) is 9.55 Å². The van der Waals surface area contributed by atoms with Gasteiger partial charge in [0.15, 0.2) is 0 Å². The Labute approximate surface area is 97.6 Å². The molecule has 1 heterocycles. The highest BCUT2D eigenvalue weighted by Gasteiger charge is 2.09. The summed E-state index contributed by atoms with van der Waals surface area (Å²) >= 11 is 0. The van der Waals surface area contributed by atoms with Gasteiger partial charge in [-0.05, 0) is 6.07 Å². The van der Waals surface area contributed by atoms with Crippen LogP contribution in [-0.2, 0) is 13.2 Å². The minimum atomic E-state index is -0.521. The third kappa shape index (κ3) is 2.17. The zero-order chi connectivity index (χ0) is 12.3. The van der Waals surface area contributed by atoms with Crippen molar-refractivity contribution in [3.8, 4) is 6.07 Å². The number of hydrogen-bond acceptors (Lipinski definition) is 3. The zero-order valence-corrected chi connectivity index (χ0v) is 8.97. The summed E-state index contributed by atoms with van der Waals surface area (Å²) in [6, 6.07) is 6.46. The number of rotatable bonds is 3. The molecule has 0 saturated carbocycles. The second-order valence-corrected chi connectivity index (χ2v) is 3.52. The minimum Gasteiger partial charge on any atom is -0.388 e. The maximum atomic E-state index is 13.8. The fraction of sp³-hybridized carbons (Fsp3) is 0.167. The molecule has 1 N–H and O–H groups in total. The number of halogens is 1. The number of hydrogen-bond donors (Lipinski definition) is 1. The smallest absolute Gasteiger partial charge is 0.145 e. The molecular weight excluding hydrogens is 221 g/mol. The molecule has 0 bridgehead atoms. The molecule has 0 fully saturated rings. The van der Waals surface area contributed by atoms with Crippen molar-refractivity contribution in [3.63, 3.8) is 0 Å². The van der Waals surface area contributed by atoms with Gasteiger partial charge in [-0.25, -0.2) is 9.37 Å². The van der Waals surface area contributed by atoms with Crippen LogP contribution in [-0.4, -0.2) is 14.7 Å². The van der Waals surface area contributed by atoms with Crippen molar-refractivity contribution in [2.24, 2.45) is 0 Å². The molecule has 1 aromatic carbocycles. The van der Waals surface area contributed by atoms with Crippen LogP contribution in [0.3, 0.4) is 0 Å². The highest BCUT2D eigenvalue weighted by molar-refractivity contribution is 5.35. The molecule has 1 aromatic heterocycles. The molecule has 17 heavy (non-hydrogen) atoms. The fourth-order valence-corrected chi connectivity index (χ4v) is 1.61. The lowest BCUT2D eigenvalue weighted by Gasteiger charge is -2.07. The molecule has 2 rings (SSSR count). The summed E-state index contributed by atoms with van der Waals surface area (Å²) in [7, 11) is 0. The number of imidazole rings is 1. The first kappa shape index (κ1) is 11.3. The fourth-order valence-electron chi connectivity index (χ4n) is 1.61. The van der Waals surface area contributed by atoms with Gasteiger partial charge in [0.25, 0.3) is 0 Å². The van der Waals surface area contributed by atoms with Gasteiger partial charge in [0.1, 0.15) is 24.3 Å². The normalized spacial score (nSPS) is 10.2. The Balaban J connectivity index is 2.34. The summed E-state index contributed by atoms with van der Waals surface area (Å²) in [6.45, 7) is 0.0454. The highest BCUT2D eigenvalue weighted by atomic mass is 19.1. The van der Waals surface area contributed by atoms with Crippen molar-refractivity contribution < 1.29 is 9.50 Å². The van der Waals surface area contributed by atoms with E-state index in [1.54, 1.807) is 29.0 Å². The Morgan fingerprint density at radius 1 is 1.47 bits per heavy atom. The average molecular weight is 231 g/mol. The SMILES string of the molecule is N#Cc1cccc(Cn2ccnc2CO)c1F. The second kappa shape index (κ2) is 4.76. The van der Waals surface area contributed by atoms with Crippen LogP contribution in [0.4, 0.5) is 4.39 Å². The molecule has 0 spiro atoms. The number of aromatic nitrogens is 2. The Morgan fingerprint density at radius 3 is 3.00 bits per heavy atom. The van der Waals surface area contributed by atoms with Gasteiger partial charge >= 0.3 is 0 Å². The summed E-state index contributed by atoms with van der Waals surface area (Å²) in [5, 5.41) is 17.7. The van der Waals surface area contributed by atoms with E-state index in [-0.39, 0.29) is 18.7 Å². The molecule has 0 amide bonds. The summed E-state index contributed by atoms with van der Waals surface area (Å²) in [5.41, 5.74) is 0.421. The first-order valence-electron chi connectivity index (χ1n) is 5.04. The molecule has 0 atom stereocenters. The van der Waals surface area contributed by atoms with Crippen molar-refractivity contribution >= 4 is 0 Å². The Kier molecular flexibility index (Phi) is 3.17. The van der Waals surface area contributed by atoms with Gasteiger partial charge in [0.2, 0.25) is 0 Å². The number of nitriles is 1. The van der Waals surface area contributed by atoms with Crippen LogP contribution in [0.15, 0.2) is 30.6 Å². The van der Waals surface area contributed by atoms with E-state index in [4.69, 9.17) is 10.4 Å². The van der Waals surface area contributed by atoms with Crippen LogP contribution < -0.4 is 0 Å². The van der Waals surface area contributed by atoms with Gasteiger partial charge in [0, 0.05) is 18.0 Å². The first-order valence-corrected chi connectivity index (χ1v) is 5.04. The first-order chi connectivity index (χ1) is 8.26. The second-order valence-electron chi connectivity index (χ2n) is 3.52. The van der Waals surface area contributed by atoms with Crippen molar-refractivity contribution in [1.29, 1.82) is 5.26 Å². The van der Waals surface area contributed by atoms with Gasteiger partial charge in [-0.2, -0.15) is 5.26 Å². The summed E-state index contributed by atoms with van der Waals surface area (Å²) < 4.78 is 15.4. The molecule has 2 aromatic rings. The molecular formula is C12H10FN3O. The van der Waals surface area contributed by atoms with Crippen LogP contribution in [0.1, 0.15) is 17.0 Å². The van der Waals surface area contributed by atoms with Gasteiger partial charge < -0.3 is 9.67 Å². The van der Waals surface area contributed by atoms with Gasteiger partial charge in [-0.15, -0.1) is 0 Å². The number of aliphatic hydroxyl groups excluding tert-OH is 1. The van der Waals surface area contributed by atoms with E-state index in [2.05, 4.69) is 4.98 Å². The summed E-state index contributed by atoms with van der Waals surface area (Å²) in [6.07, 6.45) is 3.20. The predicted molar refractivity (Wildman–Crippen MR) is 58.4 cm³/mol. The van der Waals surface area contributed by atoms with Crippen molar-refractivity contribution in [3.05, 3.63) is 53.4 Å². The minimum absolute atomic E-state index is 0.0214. The molecule has 5 heteroatoms. The Hall–Kier alpha value is -2.19. The molecule has 0 aliphatic carbocycles. The molecule has 0 radical (unpaired) electrons. The van der Waals surface area contributed by atoms with Gasteiger partial charge in [-0.1, -0.05) is 12.1 Å². The molecule has 0 unspecified atom stereocenters. The number of aliphatic hydroxyl groups is 1. The lowest BCUT2D eigenvalue weighted by atomic mass is 10.1. The summed E-state index contributed by atoms with van der Waals surface area (Å²) in [4.78, 5) is 3.93. The third-order valence-corrected chi connectivity index (χ3v) is 2.48. The monoisotopic (exact) mass is 231 g/mol. The van der Waals surface area contributed by atoms with E-state index in [1.807, 2.05) is 0 Å². The Bertz CT molecular complexity index is 571. The van der Waals surface area contributed by atoms with E-state index < -0.39 is 5.82 Å². The van der Waals surface area contributed by atoms with Crippen LogP contribution in [0.2, 0.25) is 0 Å². The van der Waals surface area contributed by atoms with Crippen LogP contribution in [0.5, 0.6) is 0 Å². The maximum absolute atomic E-state index is 13.8. The van der Waals surface area contributed by atoms with E-state index in [0.717, 1.165) is 0 Å². The molecule has 86 valence electrons. The van der Waals surface area contributed by atoms with E-state index in [9.17, 15) is 4.39 Å². The molecule has 0 aliphatic rings. The van der Waals surface area contributed by atoms with Crippen LogP contribution in [0.25, 0.3) is 0 Å². The van der Waals surface area contributed by atoms with Gasteiger partial charge in [0.05, 0.1) is 12.1 Å². The standard InChI is InChI=1S/C12H10FN3O/c13-12-9(6-14)2-1-3-10(12)7-16-5-4-15-11(16)8-17/h1-5,17H,7-8H2. The molecule has 0 aliphatic heterocycles. The van der Waals surface area contributed by atoms with E-state index in [1.165, 1.54) is 12.3 Å². The topological polar surface area (TPSA) is 61.8 Å². The van der Waals surface area contributed by atoms with Crippen LogP contribution in [0, 0.1) is 17.1 Å². The lowest BCUT2D eigenvalue weighted by Crippen LogP contribution is -2.06. The number of benzene rings is 1. The van der Waals surface area contributed by atoms with E-state index >= 15 is 0 Å². The van der Waals surface area contributed by atoms with Crippen LogP contribution >= 0.6 is 0 Å². The maximum Gasteiger partial charge on any atom is 0.145 e. The lowest BCUT2D eigenvalue weighted by molar-refractivity contribution is 0.266. The Morgan fingerprint density at radius 2 is 2.29 bits per heavy atom. The average Bonchev–Trinajstić information content (AvgIpc) is 2.79. The predicted octanol–water partition coefficient (Wildman–Crippen LogP) is 1.43. The van der Waals surface area contributed by atoms with Gasteiger partial charge in [-0.3, -0.25) is 0 Å². The number of nitrogens with zero attached hydrogens (tertiary/aromatic N) is 3. The zero-order valence-electron chi connectivity index (χ0n) is 8.97. The van der Waals surface area contributed by atoms with Crippen molar-refractivity contribution in [2.75, 3.05) is 0 Å². The summed E-state index contributed by atoms with van der Waals surface area (Å²) in [5.74, 6) is -0.0562. The van der Waals surface area contributed by atoms with E-state index in [0.29, 0.717) is 11.4 Å². The largest absolute Gasteiger partial charge is 0.388 e. The molecule has 4 nitrogen and oxygen atoms in total. The van der Waals surface area contributed by atoms with Crippen molar-refractivity contribution in [2.45, 2.75) is 13.2 Å². The quantitative estimate of drug-likeness (QED) is 0.869. The highest BCUT2D eigenvalue weighted by Crippen LogP contribution is 2.14.